The zero-order chi connectivity index (χ0) is 17.5. The zero-order valence-corrected chi connectivity index (χ0v) is 17.7. The normalized spacial score (nSPS) is 11.2. The number of benzene rings is 2. The number of aromatic nitrogens is 2. The third-order valence-electron chi connectivity index (χ3n) is 3.99. The smallest absolute Gasteiger partial charge is 0.191 e. The standard InChI is InChI=1S/C19H22ClN5.HI/c1-21-19(23-13-15-7-9-16(20)10-8-15)22-11-4-12-25-14-24-17-5-2-3-6-18(17)25;/h2-3,5-10,14H,4,11-13H2,1H3,(H2,21,22,23);1H. The van der Waals surface area contributed by atoms with Crippen molar-refractivity contribution < 1.29 is 0 Å². The molecule has 1 aromatic heterocycles. The summed E-state index contributed by atoms with van der Waals surface area (Å²) in [6.07, 6.45) is 2.89. The Morgan fingerprint density at radius 1 is 1.12 bits per heavy atom. The van der Waals surface area contributed by atoms with Crippen molar-refractivity contribution in [3.05, 3.63) is 65.4 Å². The number of nitrogens with zero attached hydrogens (tertiary/aromatic N) is 3. The first-order valence-electron chi connectivity index (χ1n) is 8.35. The van der Waals surface area contributed by atoms with E-state index in [2.05, 4.69) is 31.2 Å². The van der Waals surface area contributed by atoms with Crippen LogP contribution in [0.25, 0.3) is 11.0 Å². The number of fused-ring (bicyclic) bond motifs is 1. The largest absolute Gasteiger partial charge is 0.356 e. The Labute approximate surface area is 175 Å². The zero-order valence-electron chi connectivity index (χ0n) is 14.7. The van der Waals surface area contributed by atoms with Gasteiger partial charge in [0.2, 0.25) is 0 Å². The predicted octanol–water partition coefficient (Wildman–Crippen LogP) is 4.06. The van der Waals surface area contributed by atoms with Gasteiger partial charge >= 0.3 is 0 Å². The van der Waals surface area contributed by atoms with Crippen LogP contribution in [0.15, 0.2) is 59.9 Å². The van der Waals surface area contributed by atoms with E-state index >= 15 is 0 Å². The van der Waals surface area contributed by atoms with Crippen molar-refractivity contribution >= 4 is 52.6 Å². The van der Waals surface area contributed by atoms with Gasteiger partial charge in [-0.05, 0) is 36.2 Å². The Morgan fingerprint density at radius 2 is 1.88 bits per heavy atom. The van der Waals surface area contributed by atoms with E-state index < -0.39 is 0 Å². The quantitative estimate of drug-likeness (QED) is 0.241. The molecule has 0 spiro atoms. The molecule has 138 valence electrons. The highest BCUT2D eigenvalue weighted by atomic mass is 127. The molecule has 0 atom stereocenters. The molecule has 0 saturated heterocycles. The third kappa shape index (κ3) is 5.60. The number of aliphatic imine (C=N–C) groups is 1. The number of halogens is 2. The lowest BCUT2D eigenvalue weighted by atomic mass is 10.2. The first kappa shape index (κ1) is 20.5. The van der Waals surface area contributed by atoms with Gasteiger partial charge in [0.15, 0.2) is 5.96 Å². The lowest BCUT2D eigenvalue weighted by Crippen LogP contribution is -2.37. The molecule has 0 aliphatic heterocycles. The molecular formula is C19H23ClIN5. The molecule has 2 N–H and O–H groups in total. The number of para-hydroxylation sites is 2. The molecule has 0 bridgehead atoms. The second kappa shape index (κ2) is 10.4. The Hall–Kier alpha value is -1.80. The lowest BCUT2D eigenvalue weighted by molar-refractivity contribution is 0.637. The van der Waals surface area contributed by atoms with E-state index in [1.54, 1.807) is 7.05 Å². The van der Waals surface area contributed by atoms with Crippen molar-refractivity contribution in [2.24, 2.45) is 4.99 Å². The van der Waals surface area contributed by atoms with Crippen LogP contribution < -0.4 is 10.6 Å². The number of hydrogen-bond donors (Lipinski definition) is 2. The summed E-state index contributed by atoms with van der Waals surface area (Å²) in [5, 5.41) is 7.39. The van der Waals surface area contributed by atoms with Crippen molar-refractivity contribution in [1.29, 1.82) is 0 Å². The van der Waals surface area contributed by atoms with Crippen LogP contribution in [-0.4, -0.2) is 29.1 Å². The number of rotatable bonds is 6. The fourth-order valence-electron chi connectivity index (χ4n) is 2.65. The maximum absolute atomic E-state index is 5.90. The fourth-order valence-corrected chi connectivity index (χ4v) is 2.78. The average molecular weight is 484 g/mol. The van der Waals surface area contributed by atoms with Crippen molar-refractivity contribution in [3.63, 3.8) is 0 Å². The van der Waals surface area contributed by atoms with E-state index in [0.717, 1.165) is 41.6 Å². The Balaban J connectivity index is 0.00000243. The van der Waals surface area contributed by atoms with Gasteiger partial charge in [-0.25, -0.2) is 4.98 Å². The lowest BCUT2D eigenvalue weighted by Gasteiger charge is -2.12. The molecule has 0 unspecified atom stereocenters. The van der Waals surface area contributed by atoms with E-state index in [9.17, 15) is 0 Å². The van der Waals surface area contributed by atoms with E-state index in [1.807, 2.05) is 48.8 Å². The van der Waals surface area contributed by atoms with Crippen LogP contribution in [0.3, 0.4) is 0 Å². The van der Waals surface area contributed by atoms with E-state index in [0.29, 0.717) is 6.54 Å². The highest BCUT2D eigenvalue weighted by Crippen LogP contribution is 2.12. The average Bonchev–Trinajstić information content (AvgIpc) is 3.06. The van der Waals surface area contributed by atoms with E-state index in [-0.39, 0.29) is 24.0 Å². The monoisotopic (exact) mass is 483 g/mol. The topological polar surface area (TPSA) is 54.2 Å². The Kier molecular flexibility index (Phi) is 8.18. The highest BCUT2D eigenvalue weighted by Gasteiger charge is 2.02. The van der Waals surface area contributed by atoms with Gasteiger partial charge in [0.1, 0.15) is 0 Å². The molecule has 0 aliphatic rings. The first-order valence-corrected chi connectivity index (χ1v) is 8.73. The Bertz CT molecular complexity index is 845. The van der Waals surface area contributed by atoms with Crippen molar-refractivity contribution in [2.45, 2.75) is 19.5 Å². The number of hydrogen-bond acceptors (Lipinski definition) is 2. The SMILES string of the molecule is CN=C(NCCCn1cnc2ccccc21)NCc1ccc(Cl)cc1.I. The molecule has 5 nitrogen and oxygen atoms in total. The minimum Gasteiger partial charge on any atom is -0.356 e. The van der Waals surface area contributed by atoms with Gasteiger partial charge in [-0.2, -0.15) is 0 Å². The summed E-state index contributed by atoms with van der Waals surface area (Å²) in [6.45, 7) is 2.47. The molecule has 2 aromatic carbocycles. The summed E-state index contributed by atoms with van der Waals surface area (Å²) in [5.41, 5.74) is 3.38. The van der Waals surface area contributed by atoms with E-state index in [1.165, 1.54) is 5.52 Å². The van der Waals surface area contributed by atoms with Gasteiger partial charge in [0.25, 0.3) is 0 Å². The van der Waals surface area contributed by atoms with Gasteiger partial charge in [0, 0.05) is 31.7 Å². The summed E-state index contributed by atoms with van der Waals surface area (Å²) >= 11 is 5.90. The second-order valence-electron chi connectivity index (χ2n) is 5.76. The van der Waals surface area contributed by atoms with Crippen LogP contribution in [0.2, 0.25) is 5.02 Å². The molecule has 7 heteroatoms. The van der Waals surface area contributed by atoms with Gasteiger partial charge in [0.05, 0.1) is 17.4 Å². The molecular weight excluding hydrogens is 461 g/mol. The minimum atomic E-state index is 0. The van der Waals surface area contributed by atoms with Gasteiger partial charge < -0.3 is 15.2 Å². The molecule has 3 aromatic rings. The van der Waals surface area contributed by atoms with Gasteiger partial charge in [-0.1, -0.05) is 35.9 Å². The van der Waals surface area contributed by atoms with Crippen molar-refractivity contribution in [3.8, 4) is 0 Å². The van der Waals surface area contributed by atoms with Crippen molar-refractivity contribution in [2.75, 3.05) is 13.6 Å². The molecule has 0 saturated carbocycles. The molecule has 0 aliphatic carbocycles. The highest BCUT2D eigenvalue weighted by molar-refractivity contribution is 14.0. The number of guanidine groups is 1. The van der Waals surface area contributed by atoms with Crippen LogP contribution in [0.4, 0.5) is 0 Å². The number of imidazole rings is 1. The van der Waals surface area contributed by atoms with Crippen LogP contribution >= 0.6 is 35.6 Å². The molecule has 3 rings (SSSR count). The second-order valence-corrected chi connectivity index (χ2v) is 6.20. The summed E-state index contributed by atoms with van der Waals surface area (Å²) in [5.74, 6) is 0.797. The predicted molar refractivity (Wildman–Crippen MR) is 119 cm³/mol. The van der Waals surface area contributed by atoms with Crippen LogP contribution in [-0.2, 0) is 13.1 Å². The van der Waals surface area contributed by atoms with Crippen LogP contribution in [0.1, 0.15) is 12.0 Å². The first-order chi connectivity index (χ1) is 12.3. The van der Waals surface area contributed by atoms with Gasteiger partial charge in [-0.3, -0.25) is 4.99 Å². The van der Waals surface area contributed by atoms with Crippen LogP contribution in [0.5, 0.6) is 0 Å². The third-order valence-corrected chi connectivity index (χ3v) is 4.24. The maximum atomic E-state index is 5.90. The van der Waals surface area contributed by atoms with Gasteiger partial charge in [-0.15, -0.1) is 24.0 Å². The molecule has 26 heavy (non-hydrogen) atoms. The summed E-state index contributed by atoms with van der Waals surface area (Å²) in [7, 11) is 1.78. The number of nitrogens with one attached hydrogen (secondary N) is 2. The minimum absolute atomic E-state index is 0. The molecule has 0 amide bonds. The molecule has 0 fully saturated rings. The molecule has 0 radical (unpaired) electrons. The van der Waals surface area contributed by atoms with E-state index in [4.69, 9.17) is 11.6 Å². The Morgan fingerprint density at radius 3 is 2.65 bits per heavy atom. The van der Waals surface area contributed by atoms with Crippen LogP contribution in [0, 0.1) is 0 Å². The number of aryl methyl sites for hydroxylation is 1. The summed E-state index contributed by atoms with van der Waals surface area (Å²) < 4.78 is 2.18. The summed E-state index contributed by atoms with van der Waals surface area (Å²) in [4.78, 5) is 8.67. The summed E-state index contributed by atoms with van der Waals surface area (Å²) in [6, 6.07) is 16.0. The molecule has 1 heterocycles. The fraction of sp³-hybridized carbons (Fsp3) is 0.263. The maximum Gasteiger partial charge on any atom is 0.191 e. The van der Waals surface area contributed by atoms with Crippen molar-refractivity contribution in [1.82, 2.24) is 20.2 Å².